The molecule has 390 valence electrons. The van der Waals surface area contributed by atoms with E-state index in [1.165, 1.54) is 6.92 Å². The van der Waals surface area contributed by atoms with Crippen molar-refractivity contribution in [1.29, 1.82) is 0 Å². The van der Waals surface area contributed by atoms with Gasteiger partial charge in [-0.1, -0.05) is 46.3 Å². The molecule has 28 atom stereocenters. The third-order valence-electron chi connectivity index (χ3n) is 19.8. The number of hydrogen-bond donors (Lipinski definition) is 13. The average Bonchev–Trinajstić information content (AvgIpc) is 3.29. The Morgan fingerprint density at radius 3 is 2.00 bits per heavy atom. The predicted octanol–water partition coefficient (Wildman–Crippen LogP) is -2.06. The fourth-order valence-corrected chi connectivity index (χ4v) is 15.8. The number of carbonyl (C=O) groups excluding carboxylic acids is 1. The Morgan fingerprint density at radius 2 is 1.34 bits per heavy atom. The minimum absolute atomic E-state index is 0.0121. The lowest BCUT2D eigenvalue weighted by Gasteiger charge is -2.74. The molecule has 5 aliphatic carbocycles. The molecule has 0 aromatic heterocycles. The predicted molar refractivity (Wildman–Crippen MR) is 233 cm³/mol. The fourth-order valence-electron chi connectivity index (χ4n) is 15.8. The molecule has 4 saturated carbocycles. The zero-order chi connectivity index (χ0) is 50.0. The van der Waals surface area contributed by atoms with Crippen molar-refractivity contribution in [3.8, 4) is 0 Å². The van der Waals surface area contributed by atoms with Crippen molar-refractivity contribution in [2.75, 3.05) is 19.8 Å². The Labute approximate surface area is 396 Å². The van der Waals surface area contributed by atoms with Crippen LogP contribution in [0.5, 0.6) is 0 Å². The first-order chi connectivity index (χ1) is 31.8. The van der Waals surface area contributed by atoms with Crippen LogP contribution in [0.3, 0.4) is 0 Å². The van der Waals surface area contributed by atoms with Crippen LogP contribution >= 0.6 is 0 Å². The minimum atomic E-state index is -1.89. The summed E-state index contributed by atoms with van der Waals surface area (Å²) < 4.78 is 34.6. The first kappa shape index (κ1) is 52.8. The van der Waals surface area contributed by atoms with E-state index >= 15 is 4.79 Å². The number of ether oxygens (including phenoxy) is 6. The average molecular weight is 975 g/mol. The van der Waals surface area contributed by atoms with Crippen LogP contribution in [0, 0.1) is 56.7 Å². The molecule has 0 amide bonds. The number of carbonyl (C=O) groups is 1. The van der Waals surface area contributed by atoms with Crippen LogP contribution in [0.15, 0.2) is 11.6 Å². The van der Waals surface area contributed by atoms with Gasteiger partial charge in [-0.15, -0.1) is 0 Å². The SMILES string of the molecule is CC1=CCC2(C(=O)O[C@@H]3O[C@H](CO[C@@H]4O[C@H](CO)[C@@H](O[C@@H]5O[C@@H](C)[C@H](O)[C@@H](O)[C@H]5O)[C@H](O)[C@H]4O)[C@@H](O)[C@H](O)[C@H]3O)CCC3(C)C(CCC4C5(C)CC(O)C(O)C(C)(CO)C5C(O)CC43C)C2C1C. The second-order valence-electron chi connectivity index (χ2n) is 23.1. The van der Waals surface area contributed by atoms with Crippen LogP contribution in [-0.2, 0) is 33.2 Å². The van der Waals surface area contributed by atoms with E-state index in [-0.39, 0.29) is 36.7 Å². The Hall–Kier alpha value is -1.51. The third-order valence-corrected chi connectivity index (χ3v) is 19.8. The van der Waals surface area contributed by atoms with Gasteiger partial charge in [0.15, 0.2) is 12.6 Å². The summed E-state index contributed by atoms with van der Waals surface area (Å²) in [4.78, 5) is 15.0. The summed E-state index contributed by atoms with van der Waals surface area (Å²) in [5, 5.41) is 142. The van der Waals surface area contributed by atoms with Gasteiger partial charge in [-0.05, 0) is 98.7 Å². The van der Waals surface area contributed by atoms with Gasteiger partial charge in [0.05, 0.1) is 49.7 Å². The maximum atomic E-state index is 15.0. The quantitative estimate of drug-likeness (QED) is 0.0873. The molecule has 0 bridgehead atoms. The molecule has 3 heterocycles. The van der Waals surface area contributed by atoms with Gasteiger partial charge in [-0.3, -0.25) is 4.79 Å². The topological polar surface area (TPSA) is 335 Å². The van der Waals surface area contributed by atoms with Gasteiger partial charge in [0, 0.05) is 11.3 Å². The molecule has 0 aromatic carbocycles. The minimum Gasteiger partial charge on any atom is -0.432 e. The smallest absolute Gasteiger partial charge is 0.315 e. The second-order valence-corrected chi connectivity index (χ2v) is 23.1. The molecule has 8 aliphatic rings. The van der Waals surface area contributed by atoms with Gasteiger partial charge in [0.1, 0.15) is 67.1 Å². The Bertz CT molecular complexity index is 1860. The van der Waals surface area contributed by atoms with Gasteiger partial charge in [-0.2, -0.15) is 0 Å². The Balaban J connectivity index is 0.982. The van der Waals surface area contributed by atoms with E-state index in [2.05, 4.69) is 27.7 Å². The van der Waals surface area contributed by atoms with Crippen LogP contribution in [0.25, 0.3) is 0 Å². The highest BCUT2D eigenvalue weighted by atomic mass is 16.8. The number of aliphatic hydroxyl groups is 13. The normalized spacial score (nSPS) is 57.1. The summed E-state index contributed by atoms with van der Waals surface area (Å²) in [6.07, 6.45) is -22.3. The molecule has 13 unspecified atom stereocenters. The molecule has 8 rings (SSSR count). The van der Waals surface area contributed by atoms with Crippen LogP contribution < -0.4 is 0 Å². The standard InChI is InChI=1S/C48H78O20/c1-19-10-11-48(13-12-46(6)22(28(48)20(19)2)8-9-27-44(4)14-24(52)39(61)45(5,18-50)38(44)23(51)15-47(27,46)7)43(62)68-42-35(59)32(56)30(54)26(66-42)17-63-40-36(60)33(57)37(25(16-49)65-40)67-41-34(58)31(55)29(53)21(3)64-41/h10,20-42,49-61H,8-9,11-18H2,1-7H3/t20?,21-,22?,23?,24?,25+,26+,27?,28?,29-,30+,31+,32-,33+,34+,35+,36+,37+,38?,39?,40+,41-,42-,44?,45?,46?,47?,48?/m0/s1. The van der Waals surface area contributed by atoms with Crippen LogP contribution in [0.1, 0.15) is 93.4 Å². The largest absolute Gasteiger partial charge is 0.432 e. The van der Waals surface area contributed by atoms with Gasteiger partial charge in [-0.25, -0.2) is 0 Å². The van der Waals surface area contributed by atoms with E-state index < -0.39 is 163 Å². The maximum Gasteiger partial charge on any atom is 0.315 e. The molecule has 13 N–H and O–H groups in total. The first-order valence-electron chi connectivity index (χ1n) is 24.6. The highest BCUT2D eigenvalue weighted by molar-refractivity contribution is 5.78. The zero-order valence-electron chi connectivity index (χ0n) is 40.1. The van der Waals surface area contributed by atoms with Crippen molar-refractivity contribution in [2.45, 2.75) is 204 Å². The van der Waals surface area contributed by atoms with E-state index in [4.69, 9.17) is 28.4 Å². The van der Waals surface area contributed by atoms with Crippen molar-refractivity contribution in [2.24, 2.45) is 56.7 Å². The van der Waals surface area contributed by atoms with Crippen molar-refractivity contribution in [1.82, 2.24) is 0 Å². The lowest BCUT2D eigenvalue weighted by molar-refractivity contribution is -0.361. The number of hydrogen-bond acceptors (Lipinski definition) is 20. The molecule has 0 spiro atoms. The first-order valence-corrected chi connectivity index (χ1v) is 24.6. The highest BCUT2D eigenvalue weighted by Gasteiger charge is 2.74. The van der Waals surface area contributed by atoms with Gasteiger partial charge in [0.25, 0.3) is 0 Å². The maximum absolute atomic E-state index is 15.0. The molecule has 0 radical (unpaired) electrons. The monoisotopic (exact) mass is 975 g/mol. The molecule has 68 heavy (non-hydrogen) atoms. The molecule has 3 aliphatic heterocycles. The van der Waals surface area contributed by atoms with E-state index in [0.29, 0.717) is 25.7 Å². The van der Waals surface area contributed by atoms with E-state index in [1.807, 2.05) is 13.0 Å². The van der Waals surface area contributed by atoms with Gasteiger partial charge in [0.2, 0.25) is 6.29 Å². The van der Waals surface area contributed by atoms with Gasteiger partial charge < -0.3 is 94.8 Å². The van der Waals surface area contributed by atoms with E-state index in [0.717, 1.165) is 18.4 Å². The number of esters is 1. The van der Waals surface area contributed by atoms with Crippen molar-refractivity contribution in [3.63, 3.8) is 0 Å². The number of fused-ring (bicyclic) bond motifs is 7. The van der Waals surface area contributed by atoms with Gasteiger partial charge >= 0.3 is 5.97 Å². The Kier molecular flexibility index (Phi) is 14.6. The summed E-state index contributed by atoms with van der Waals surface area (Å²) in [5.74, 6) is -1.48. The second kappa shape index (κ2) is 18.8. The number of aliphatic hydroxyl groups excluding tert-OH is 13. The zero-order valence-corrected chi connectivity index (χ0v) is 40.1. The Morgan fingerprint density at radius 1 is 0.706 bits per heavy atom. The summed E-state index contributed by atoms with van der Waals surface area (Å²) in [6, 6.07) is 0. The van der Waals surface area contributed by atoms with Crippen LogP contribution in [-0.4, -0.2) is 203 Å². The summed E-state index contributed by atoms with van der Waals surface area (Å²) >= 11 is 0. The molecule has 20 nitrogen and oxygen atoms in total. The summed E-state index contributed by atoms with van der Waals surface area (Å²) in [6.45, 7) is 12.1. The molecule has 7 fully saturated rings. The molecule has 3 saturated heterocycles. The number of allylic oxidation sites excluding steroid dienone is 2. The lowest BCUT2D eigenvalue weighted by atomic mass is 9.31. The van der Waals surface area contributed by atoms with Crippen molar-refractivity contribution < 1.29 is 99.6 Å². The highest BCUT2D eigenvalue weighted by Crippen LogP contribution is 2.77. The molecular weight excluding hydrogens is 897 g/mol. The number of rotatable bonds is 9. The summed E-state index contributed by atoms with van der Waals surface area (Å²) in [7, 11) is 0. The summed E-state index contributed by atoms with van der Waals surface area (Å²) in [5.41, 5.74) is -2.62. The van der Waals surface area contributed by atoms with Crippen molar-refractivity contribution in [3.05, 3.63) is 11.6 Å². The van der Waals surface area contributed by atoms with E-state index in [9.17, 15) is 66.4 Å². The van der Waals surface area contributed by atoms with Crippen LogP contribution in [0.4, 0.5) is 0 Å². The third kappa shape index (κ3) is 7.89. The molecule has 20 heteroatoms. The van der Waals surface area contributed by atoms with Crippen molar-refractivity contribution >= 4 is 5.97 Å². The molecular formula is C48H78O20. The lowest BCUT2D eigenvalue weighted by Crippen LogP contribution is -2.73. The van der Waals surface area contributed by atoms with E-state index in [1.54, 1.807) is 6.92 Å². The molecule has 0 aromatic rings. The fraction of sp³-hybridized carbons (Fsp3) is 0.938. The van der Waals surface area contributed by atoms with Crippen LogP contribution in [0.2, 0.25) is 0 Å².